The minimum atomic E-state index is 0.723. The summed E-state index contributed by atoms with van der Waals surface area (Å²) in [5.41, 5.74) is 13.5. The maximum atomic E-state index is 5.19. The molecule has 0 aliphatic rings. The lowest BCUT2D eigenvalue weighted by atomic mass is 9.94. The Kier molecular flexibility index (Phi) is 7.85. The topological polar surface area (TPSA) is 25.8 Å². The molecule has 0 aliphatic heterocycles. The van der Waals surface area contributed by atoms with Crippen molar-refractivity contribution in [1.82, 2.24) is 9.97 Å². The first-order valence-corrected chi connectivity index (χ1v) is 18.4. The molecule has 0 bridgehead atoms. The third kappa shape index (κ3) is 5.90. The highest BCUT2D eigenvalue weighted by Gasteiger charge is 2.14. The first-order chi connectivity index (χ1) is 26.7. The Balaban J connectivity index is 0.927. The highest BCUT2D eigenvalue weighted by molar-refractivity contribution is 6.12. The molecule has 0 atom stereocenters. The maximum absolute atomic E-state index is 5.19. The van der Waals surface area contributed by atoms with Crippen molar-refractivity contribution in [1.29, 1.82) is 0 Å². The van der Waals surface area contributed by atoms with Crippen molar-refractivity contribution >= 4 is 32.4 Å². The van der Waals surface area contributed by atoms with Crippen molar-refractivity contribution in [2.75, 3.05) is 0 Å². The SMILES string of the molecule is c1ccc(-c2nc(-c3ccc(-c4ccc(-c5cccc(-c6cccc(-c7ccc8ccccc8c7)c6)c5)cc4)cc3)nc3ccc4ccccc4c23)cc1. The van der Waals surface area contributed by atoms with E-state index in [1.165, 1.54) is 55.1 Å². The van der Waals surface area contributed by atoms with E-state index in [0.29, 0.717) is 0 Å². The third-order valence-corrected chi connectivity index (χ3v) is 10.5. The number of nitrogens with zero attached hydrogens (tertiary/aromatic N) is 2. The zero-order valence-corrected chi connectivity index (χ0v) is 29.5. The van der Waals surface area contributed by atoms with Crippen LogP contribution in [0.1, 0.15) is 0 Å². The van der Waals surface area contributed by atoms with Gasteiger partial charge in [0.2, 0.25) is 0 Å². The Bertz CT molecular complexity index is 2960. The van der Waals surface area contributed by atoms with E-state index in [-0.39, 0.29) is 0 Å². The molecular weight excluding hydrogens is 653 g/mol. The van der Waals surface area contributed by atoms with Crippen LogP contribution < -0.4 is 0 Å². The van der Waals surface area contributed by atoms with Crippen LogP contribution in [0.4, 0.5) is 0 Å². The number of benzene rings is 9. The third-order valence-electron chi connectivity index (χ3n) is 10.5. The van der Waals surface area contributed by atoms with Crippen LogP contribution in [-0.4, -0.2) is 9.97 Å². The van der Waals surface area contributed by atoms with E-state index >= 15 is 0 Å². The van der Waals surface area contributed by atoms with Gasteiger partial charge in [-0.1, -0.05) is 182 Å². The van der Waals surface area contributed by atoms with Gasteiger partial charge in [-0.15, -0.1) is 0 Å². The number of hydrogen-bond donors (Lipinski definition) is 0. The lowest BCUT2D eigenvalue weighted by Gasteiger charge is -2.12. The average Bonchev–Trinajstić information content (AvgIpc) is 3.26. The van der Waals surface area contributed by atoms with Crippen molar-refractivity contribution in [3.05, 3.63) is 206 Å². The van der Waals surface area contributed by atoms with E-state index in [9.17, 15) is 0 Å². The van der Waals surface area contributed by atoms with Crippen LogP contribution in [0.5, 0.6) is 0 Å². The van der Waals surface area contributed by atoms with Gasteiger partial charge in [0.15, 0.2) is 5.82 Å². The van der Waals surface area contributed by atoms with Gasteiger partial charge in [0.05, 0.1) is 11.2 Å². The van der Waals surface area contributed by atoms with Crippen LogP contribution >= 0.6 is 0 Å². The fourth-order valence-electron chi connectivity index (χ4n) is 7.63. The quantitative estimate of drug-likeness (QED) is 0.163. The van der Waals surface area contributed by atoms with Gasteiger partial charge in [-0.25, -0.2) is 9.97 Å². The van der Waals surface area contributed by atoms with E-state index in [0.717, 1.165) is 44.5 Å². The summed E-state index contributed by atoms with van der Waals surface area (Å²) in [7, 11) is 0. The van der Waals surface area contributed by atoms with Crippen molar-refractivity contribution < 1.29 is 0 Å². The summed E-state index contributed by atoms with van der Waals surface area (Å²) in [6.07, 6.45) is 0. The van der Waals surface area contributed by atoms with Gasteiger partial charge in [-0.3, -0.25) is 0 Å². The van der Waals surface area contributed by atoms with E-state index in [1.54, 1.807) is 0 Å². The van der Waals surface area contributed by atoms with Crippen LogP contribution in [0.3, 0.4) is 0 Å². The minimum Gasteiger partial charge on any atom is -0.228 e. The monoisotopic (exact) mass is 686 g/mol. The molecule has 0 fully saturated rings. The van der Waals surface area contributed by atoms with E-state index in [4.69, 9.17) is 9.97 Å². The molecule has 10 aromatic rings. The molecule has 0 N–H and O–H groups in total. The molecule has 1 aromatic heterocycles. The van der Waals surface area contributed by atoms with Crippen molar-refractivity contribution in [3.8, 4) is 67.2 Å². The van der Waals surface area contributed by atoms with Gasteiger partial charge in [-0.05, 0) is 90.3 Å². The summed E-state index contributed by atoms with van der Waals surface area (Å²) < 4.78 is 0. The molecule has 1 heterocycles. The highest BCUT2D eigenvalue weighted by Crippen LogP contribution is 2.36. The molecule has 9 aromatic carbocycles. The van der Waals surface area contributed by atoms with E-state index in [1.807, 2.05) is 6.07 Å². The van der Waals surface area contributed by atoms with E-state index in [2.05, 4.69) is 200 Å². The molecule has 0 aliphatic carbocycles. The van der Waals surface area contributed by atoms with Gasteiger partial charge in [0.25, 0.3) is 0 Å². The highest BCUT2D eigenvalue weighted by atomic mass is 14.9. The van der Waals surface area contributed by atoms with Crippen molar-refractivity contribution in [2.45, 2.75) is 0 Å². The standard InChI is InChI=1S/C52H34N2/c1-2-12-40(13-3-1)51-50-48-19-7-6-11-39(48)30-31-49(50)53-52(54-51)41-27-24-37(25-28-41)36-20-22-38(23-21-36)43-15-8-16-44(32-43)45-17-9-18-46(34-45)47-29-26-35-10-4-5-14-42(35)33-47/h1-34H. The Labute approximate surface area is 314 Å². The molecule has 10 rings (SSSR count). The molecule has 252 valence electrons. The second-order valence-electron chi connectivity index (χ2n) is 13.8. The molecule has 0 spiro atoms. The van der Waals surface area contributed by atoms with Gasteiger partial charge in [0.1, 0.15) is 0 Å². The lowest BCUT2D eigenvalue weighted by molar-refractivity contribution is 1.23. The molecule has 0 amide bonds. The molecule has 0 saturated heterocycles. The predicted molar refractivity (Wildman–Crippen MR) is 227 cm³/mol. The molecular formula is C52H34N2. The molecule has 0 radical (unpaired) electrons. The summed E-state index contributed by atoms with van der Waals surface area (Å²) in [6.45, 7) is 0. The molecule has 0 unspecified atom stereocenters. The van der Waals surface area contributed by atoms with Crippen LogP contribution in [0.2, 0.25) is 0 Å². The molecule has 0 saturated carbocycles. The average molecular weight is 687 g/mol. The summed E-state index contributed by atoms with van der Waals surface area (Å²) in [4.78, 5) is 10.3. The second kappa shape index (κ2) is 13.4. The fourth-order valence-corrected chi connectivity index (χ4v) is 7.63. The van der Waals surface area contributed by atoms with Gasteiger partial charge in [0, 0.05) is 16.5 Å². The Hall–Kier alpha value is -7.16. The fraction of sp³-hybridized carbons (Fsp3) is 0. The molecule has 2 nitrogen and oxygen atoms in total. The van der Waals surface area contributed by atoms with Crippen molar-refractivity contribution in [3.63, 3.8) is 0 Å². The van der Waals surface area contributed by atoms with Crippen LogP contribution in [0, 0.1) is 0 Å². The van der Waals surface area contributed by atoms with Crippen LogP contribution in [-0.2, 0) is 0 Å². The summed E-state index contributed by atoms with van der Waals surface area (Å²) in [5.74, 6) is 0.723. The predicted octanol–water partition coefficient (Wildman–Crippen LogP) is 13.9. The number of hydrogen-bond acceptors (Lipinski definition) is 2. The van der Waals surface area contributed by atoms with Gasteiger partial charge < -0.3 is 0 Å². The molecule has 54 heavy (non-hydrogen) atoms. The number of fused-ring (bicyclic) bond motifs is 4. The Morgan fingerprint density at radius 1 is 0.259 bits per heavy atom. The normalized spacial score (nSPS) is 11.3. The van der Waals surface area contributed by atoms with Crippen LogP contribution in [0.15, 0.2) is 206 Å². The zero-order chi connectivity index (χ0) is 35.8. The van der Waals surface area contributed by atoms with Crippen molar-refractivity contribution in [2.24, 2.45) is 0 Å². The summed E-state index contributed by atoms with van der Waals surface area (Å²) in [6, 6.07) is 73.5. The largest absolute Gasteiger partial charge is 0.228 e. The summed E-state index contributed by atoms with van der Waals surface area (Å²) >= 11 is 0. The smallest absolute Gasteiger partial charge is 0.160 e. The zero-order valence-electron chi connectivity index (χ0n) is 29.5. The number of rotatable bonds is 6. The second-order valence-corrected chi connectivity index (χ2v) is 13.8. The number of aromatic nitrogens is 2. The maximum Gasteiger partial charge on any atom is 0.160 e. The van der Waals surface area contributed by atoms with Gasteiger partial charge >= 0.3 is 0 Å². The Morgan fingerprint density at radius 3 is 1.39 bits per heavy atom. The first-order valence-electron chi connectivity index (χ1n) is 18.4. The first kappa shape index (κ1) is 31.6. The minimum absolute atomic E-state index is 0.723. The van der Waals surface area contributed by atoms with Crippen LogP contribution in [0.25, 0.3) is 99.6 Å². The lowest BCUT2D eigenvalue weighted by Crippen LogP contribution is -1.96. The van der Waals surface area contributed by atoms with E-state index < -0.39 is 0 Å². The molecule has 2 heteroatoms. The van der Waals surface area contributed by atoms with Gasteiger partial charge in [-0.2, -0.15) is 0 Å². The Morgan fingerprint density at radius 2 is 0.722 bits per heavy atom. The summed E-state index contributed by atoms with van der Waals surface area (Å²) in [5, 5.41) is 5.95.